The van der Waals surface area contributed by atoms with Crippen LogP contribution in [0.15, 0.2) is 24.3 Å². The Morgan fingerprint density at radius 2 is 1.71 bits per heavy atom. The highest BCUT2D eigenvalue weighted by atomic mass is 16.5. The van der Waals surface area contributed by atoms with Gasteiger partial charge in [-0.1, -0.05) is 13.0 Å². The minimum absolute atomic E-state index is 0.264. The lowest BCUT2D eigenvalue weighted by Gasteiger charge is -2.08. The zero-order chi connectivity index (χ0) is 12.3. The van der Waals surface area contributed by atoms with Crippen LogP contribution in [0.1, 0.15) is 32.6 Å². The highest BCUT2D eigenvalue weighted by Crippen LogP contribution is 2.19. The van der Waals surface area contributed by atoms with E-state index in [1.807, 2.05) is 24.3 Å². The number of hydrogen-bond donors (Lipinski definition) is 1. The van der Waals surface area contributed by atoms with Gasteiger partial charge in [0.2, 0.25) is 0 Å². The topological polar surface area (TPSA) is 38.7 Å². The van der Waals surface area contributed by atoms with Crippen molar-refractivity contribution in [3.05, 3.63) is 24.3 Å². The lowest BCUT2D eigenvalue weighted by molar-refractivity contribution is 0.265. The van der Waals surface area contributed by atoms with Crippen molar-refractivity contribution in [3.8, 4) is 11.5 Å². The average Bonchev–Trinajstić information content (AvgIpc) is 2.37. The van der Waals surface area contributed by atoms with Crippen LogP contribution in [0.25, 0.3) is 0 Å². The quantitative estimate of drug-likeness (QED) is 0.672. The van der Waals surface area contributed by atoms with Crippen LogP contribution in [-0.2, 0) is 0 Å². The maximum absolute atomic E-state index is 8.64. The molecule has 0 spiro atoms. The van der Waals surface area contributed by atoms with Gasteiger partial charge in [-0.25, -0.2) is 0 Å². The fourth-order valence-corrected chi connectivity index (χ4v) is 1.45. The van der Waals surface area contributed by atoms with E-state index in [0.29, 0.717) is 6.61 Å². The van der Waals surface area contributed by atoms with Crippen molar-refractivity contribution in [2.24, 2.45) is 0 Å². The number of unbranched alkanes of at least 4 members (excludes halogenated alkanes) is 2. The molecule has 0 amide bonds. The second-order valence-electron chi connectivity index (χ2n) is 3.96. The Morgan fingerprint density at radius 1 is 1.00 bits per heavy atom. The number of benzene rings is 1. The van der Waals surface area contributed by atoms with Crippen molar-refractivity contribution < 1.29 is 14.6 Å². The molecule has 0 saturated carbocycles. The Kier molecular flexibility index (Phi) is 7.23. The minimum atomic E-state index is 0.264. The van der Waals surface area contributed by atoms with Crippen LogP contribution >= 0.6 is 0 Å². The third kappa shape index (κ3) is 6.17. The zero-order valence-electron chi connectivity index (χ0n) is 10.5. The van der Waals surface area contributed by atoms with Crippen molar-refractivity contribution in [1.29, 1.82) is 0 Å². The second kappa shape index (κ2) is 8.88. The number of aliphatic hydroxyl groups excluding tert-OH is 1. The predicted molar refractivity (Wildman–Crippen MR) is 68.7 cm³/mol. The standard InChI is InChI=1S/C14H22O3/c1-2-10-16-13-7-6-8-14(12-13)17-11-5-3-4-9-15/h6-8,12,15H,2-5,9-11H2,1H3. The van der Waals surface area contributed by atoms with Crippen LogP contribution in [0, 0.1) is 0 Å². The average molecular weight is 238 g/mol. The first kappa shape index (κ1) is 13.8. The van der Waals surface area contributed by atoms with E-state index < -0.39 is 0 Å². The Bertz CT molecular complexity index is 299. The molecule has 1 rings (SSSR count). The molecule has 0 aliphatic rings. The van der Waals surface area contributed by atoms with Gasteiger partial charge < -0.3 is 14.6 Å². The highest BCUT2D eigenvalue weighted by Gasteiger charge is 1.97. The SMILES string of the molecule is CCCOc1cccc(OCCCCCO)c1. The third-order valence-corrected chi connectivity index (χ3v) is 2.35. The van der Waals surface area contributed by atoms with Crippen LogP contribution in [0.4, 0.5) is 0 Å². The van der Waals surface area contributed by atoms with Gasteiger partial charge in [-0.2, -0.15) is 0 Å². The van der Waals surface area contributed by atoms with Gasteiger partial charge in [-0.15, -0.1) is 0 Å². The van der Waals surface area contributed by atoms with Crippen LogP contribution < -0.4 is 9.47 Å². The van der Waals surface area contributed by atoms with E-state index in [4.69, 9.17) is 14.6 Å². The fraction of sp³-hybridized carbons (Fsp3) is 0.571. The van der Waals surface area contributed by atoms with Crippen molar-refractivity contribution in [2.45, 2.75) is 32.6 Å². The molecule has 0 heterocycles. The lowest BCUT2D eigenvalue weighted by Crippen LogP contribution is -1.99. The Balaban J connectivity index is 2.27. The molecule has 1 aromatic rings. The van der Waals surface area contributed by atoms with Crippen LogP contribution in [-0.4, -0.2) is 24.9 Å². The summed E-state index contributed by atoms with van der Waals surface area (Å²) in [6.07, 6.45) is 3.83. The zero-order valence-corrected chi connectivity index (χ0v) is 10.5. The van der Waals surface area contributed by atoms with Gasteiger partial charge in [0.1, 0.15) is 11.5 Å². The first-order valence-corrected chi connectivity index (χ1v) is 6.33. The molecule has 96 valence electrons. The van der Waals surface area contributed by atoms with Gasteiger partial charge >= 0.3 is 0 Å². The molecule has 0 aromatic heterocycles. The van der Waals surface area contributed by atoms with Gasteiger partial charge in [0.15, 0.2) is 0 Å². The van der Waals surface area contributed by atoms with Gasteiger partial charge in [-0.3, -0.25) is 0 Å². The summed E-state index contributed by atoms with van der Waals surface area (Å²) in [7, 11) is 0. The molecule has 0 fully saturated rings. The second-order valence-corrected chi connectivity index (χ2v) is 3.96. The maximum atomic E-state index is 8.64. The van der Waals surface area contributed by atoms with E-state index >= 15 is 0 Å². The van der Waals surface area contributed by atoms with E-state index in [1.165, 1.54) is 0 Å². The molecular formula is C14H22O3. The van der Waals surface area contributed by atoms with Crippen molar-refractivity contribution in [1.82, 2.24) is 0 Å². The molecule has 3 heteroatoms. The monoisotopic (exact) mass is 238 g/mol. The summed E-state index contributed by atoms with van der Waals surface area (Å²) in [5, 5.41) is 8.64. The van der Waals surface area contributed by atoms with Crippen molar-refractivity contribution in [3.63, 3.8) is 0 Å². The molecule has 0 atom stereocenters. The summed E-state index contributed by atoms with van der Waals surface area (Å²) < 4.78 is 11.1. The van der Waals surface area contributed by atoms with Gasteiger partial charge in [0, 0.05) is 12.7 Å². The normalized spacial score (nSPS) is 10.2. The number of hydrogen-bond acceptors (Lipinski definition) is 3. The summed E-state index contributed by atoms with van der Waals surface area (Å²) in [4.78, 5) is 0. The predicted octanol–water partition coefficient (Wildman–Crippen LogP) is 3.02. The summed E-state index contributed by atoms with van der Waals surface area (Å²) >= 11 is 0. The van der Waals surface area contributed by atoms with E-state index in [9.17, 15) is 0 Å². The molecule has 17 heavy (non-hydrogen) atoms. The largest absolute Gasteiger partial charge is 0.493 e. The van der Waals surface area contributed by atoms with Gasteiger partial charge in [0.05, 0.1) is 13.2 Å². The van der Waals surface area contributed by atoms with Crippen molar-refractivity contribution >= 4 is 0 Å². The number of aliphatic hydroxyl groups is 1. The first-order valence-electron chi connectivity index (χ1n) is 6.33. The molecule has 1 N–H and O–H groups in total. The fourth-order valence-electron chi connectivity index (χ4n) is 1.45. The molecule has 1 aromatic carbocycles. The van der Waals surface area contributed by atoms with Crippen LogP contribution in [0.2, 0.25) is 0 Å². The van der Waals surface area contributed by atoms with E-state index in [2.05, 4.69) is 6.92 Å². The molecule has 0 bridgehead atoms. The van der Waals surface area contributed by atoms with E-state index in [-0.39, 0.29) is 6.61 Å². The number of ether oxygens (including phenoxy) is 2. The Morgan fingerprint density at radius 3 is 2.35 bits per heavy atom. The van der Waals surface area contributed by atoms with E-state index in [0.717, 1.165) is 43.8 Å². The van der Waals surface area contributed by atoms with Gasteiger partial charge in [0.25, 0.3) is 0 Å². The van der Waals surface area contributed by atoms with Crippen LogP contribution in [0.5, 0.6) is 11.5 Å². The molecule has 0 radical (unpaired) electrons. The Hall–Kier alpha value is -1.22. The molecular weight excluding hydrogens is 216 g/mol. The third-order valence-electron chi connectivity index (χ3n) is 2.35. The summed E-state index contributed by atoms with van der Waals surface area (Å²) in [5.74, 6) is 1.71. The molecule has 0 saturated heterocycles. The lowest BCUT2D eigenvalue weighted by atomic mass is 10.2. The molecule has 3 nitrogen and oxygen atoms in total. The maximum Gasteiger partial charge on any atom is 0.122 e. The first-order chi connectivity index (χ1) is 8.36. The van der Waals surface area contributed by atoms with Crippen LogP contribution in [0.3, 0.4) is 0 Å². The van der Waals surface area contributed by atoms with Gasteiger partial charge in [-0.05, 0) is 37.8 Å². The minimum Gasteiger partial charge on any atom is -0.493 e. The summed E-state index contributed by atoms with van der Waals surface area (Å²) in [6.45, 7) is 3.78. The summed E-state index contributed by atoms with van der Waals surface area (Å²) in [6, 6.07) is 7.73. The highest BCUT2D eigenvalue weighted by molar-refractivity contribution is 5.32. The molecule has 0 unspecified atom stereocenters. The smallest absolute Gasteiger partial charge is 0.122 e. The van der Waals surface area contributed by atoms with E-state index in [1.54, 1.807) is 0 Å². The molecule has 0 aliphatic heterocycles. The molecule has 0 aliphatic carbocycles. The number of rotatable bonds is 9. The Labute approximate surface area is 103 Å². The van der Waals surface area contributed by atoms with Crippen molar-refractivity contribution in [2.75, 3.05) is 19.8 Å². The summed E-state index contributed by atoms with van der Waals surface area (Å²) in [5.41, 5.74) is 0.